The molecule has 3 rings (SSSR count). The lowest BCUT2D eigenvalue weighted by Gasteiger charge is -2.03. The molecule has 2 aromatic heterocycles. The van der Waals surface area contributed by atoms with Crippen molar-refractivity contribution in [1.29, 1.82) is 0 Å². The third-order valence-corrected chi connectivity index (χ3v) is 3.54. The van der Waals surface area contributed by atoms with E-state index in [1.165, 1.54) is 11.1 Å². The number of carbonyl (C=O) groups excluding carboxylic acids is 1. The van der Waals surface area contributed by atoms with E-state index >= 15 is 0 Å². The van der Waals surface area contributed by atoms with E-state index in [2.05, 4.69) is 40.6 Å². The molecule has 3 aromatic rings. The fourth-order valence-corrected chi connectivity index (χ4v) is 2.37. The van der Waals surface area contributed by atoms with Crippen LogP contribution in [0.2, 0.25) is 0 Å². The summed E-state index contributed by atoms with van der Waals surface area (Å²) in [6, 6.07) is 8.28. The van der Waals surface area contributed by atoms with Crippen molar-refractivity contribution < 1.29 is 4.79 Å². The predicted octanol–water partition coefficient (Wildman–Crippen LogP) is 2.71. The molecule has 2 heterocycles. The lowest BCUT2D eigenvalue weighted by molar-refractivity contribution is 0.102. The molecule has 0 unspecified atom stereocenters. The van der Waals surface area contributed by atoms with Crippen LogP contribution in [0.5, 0.6) is 0 Å². The molecule has 0 aliphatic carbocycles. The van der Waals surface area contributed by atoms with E-state index in [9.17, 15) is 4.79 Å². The predicted molar refractivity (Wildman–Crippen MR) is 88.4 cm³/mol. The molecule has 1 N–H and O–H groups in total. The molecular formula is C17H19N5O. The average molecular weight is 309 g/mol. The van der Waals surface area contributed by atoms with Crippen molar-refractivity contribution in [3.8, 4) is 0 Å². The maximum atomic E-state index is 12.2. The Morgan fingerprint density at radius 1 is 1.17 bits per heavy atom. The molecule has 0 fully saturated rings. The first kappa shape index (κ1) is 15.0. The van der Waals surface area contributed by atoms with Gasteiger partial charge < -0.3 is 5.32 Å². The normalized spacial score (nSPS) is 10.7. The van der Waals surface area contributed by atoms with Crippen LogP contribution in [0.25, 0.3) is 0 Å². The van der Waals surface area contributed by atoms with Crippen molar-refractivity contribution in [2.75, 3.05) is 5.32 Å². The number of aryl methyl sites for hydroxylation is 2. The van der Waals surface area contributed by atoms with Crippen molar-refractivity contribution in [3.63, 3.8) is 0 Å². The molecule has 0 radical (unpaired) electrons. The molecule has 0 saturated heterocycles. The smallest absolute Gasteiger partial charge is 0.258 e. The highest BCUT2D eigenvalue weighted by atomic mass is 16.1. The van der Waals surface area contributed by atoms with E-state index in [0.717, 1.165) is 6.54 Å². The summed E-state index contributed by atoms with van der Waals surface area (Å²) in [5, 5.41) is 11.2. The van der Waals surface area contributed by atoms with Crippen LogP contribution < -0.4 is 5.32 Å². The third kappa shape index (κ3) is 3.66. The second kappa shape index (κ2) is 6.48. The zero-order valence-electron chi connectivity index (χ0n) is 13.2. The zero-order chi connectivity index (χ0) is 16.2. The van der Waals surface area contributed by atoms with Gasteiger partial charge in [-0.1, -0.05) is 29.8 Å². The van der Waals surface area contributed by atoms with Crippen LogP contribution in [0.15, 0.2) is 49.1 Å². The van der Waals surface area contributed by atoms with Crippen LogP contribution >= 0.6 is 0 Å². The van der Waals surface area contributed by atoms with Gasteiger partial charge in [0.1, 0.15) is 0 Å². The van der Waals surface area contributed by atoms with E-state index in [-0.39, 0.29) is 5.91 Å². The summed E-state index contributed by atoms with van der Waals surface area (Å²) in [5.41, 5.74) is 3.61. The Balaban J connectivity index is 1.66. The number of amides is 1. The van der Waals surface area contributed by atoms with Crippen molar-refractivity contribution in [2.45, 2.75) is 26.9 Å². The minimum atomic E-state index is -0.181. The average Bonchev–Trinajstić information content (AvgIpc) is 3.16. The van der Waals surface area contributed by atoms with Gasteiger partial charge in [0.2, 0.25) is 0 Å². The summed E-state index contributed by atoms with van der Waals surface area (Å²) in [6.07, 6.45) is 6.77. The van der Waals surface area contributed by atoms with Gasteiger partial charge in [0.05, 0.1) is 30.2 Å². The third-order valence-electron chi connectivity index (χ3n) is 3.54. The second-order valence-electron chi connectivity index (χ2n) is 5.45. The molecule has 0 aliphatic heterocycles. The Morgan fingerprint density at radius 2 is 2.00 bits per heavy atom. The van der Waals surface area contributed by atoms with E-state index in [4.69, 9.17) is 0 Å². The number of anilines is 1. The number of hydrogen-bond acceptors (Lipinski definition) is 3. The number of nitrogens with zero attached hydrogens (tertiary/aromatic N) is 4. The van der Waals surface area contributed by atoms with E-state index < -0.39 is 0 Å². The van der Waals surface area contributed by atoms with Crippen LogP contribution in [0.3, 0.4) is 0 Å². The summed E-state index contributed by atoms with van der Waals surface area (Å²) in [6.45, 7) is 5.45. The number of nitrogens with one attached hydrogen (secondary N) is 1. The first-order valence-electron chi connectivity index (χ1n) is 7.56. The van der Waals surface area contributed by atoms with Crippen LogP contribution in [0.4, 0.5) is 5.69 Å². The van der Waals surface area contributed by atoms with E-state index in [1.54, 1.807) is 28.0 Å². The van der Waals surface area contributed by atoms with Crippen LogP contribution in [-0.2, 0) is 13.1 Å². The molecule has 0 aliphatic rings. The van der Waals surface area contributed by atoms with Gasteiger partial charge in [-0.2, -0.15) is 10.2 Å². The van der Waals surface area contributed by atoms with Gasteiger partial charge in [0.15, 0.2) is 0 Å². The quantitative estimate of drug-likeness (QED) is 0.788. The molecule has 0 atom stereocenters. The molecule has 0 spiro atoms. The highest BCUT2D eigenvalue weighted by Gasteiger charge is 2.10. The number of carbonyl (C=O) groups is 1. The van der Waals surface area contributed by atoms with Crippen LogP contribution in [0.1, 0.15) is 28.4 Å². The van der Waals surface area contributed by atoms with Crippen molar-refractivity contribution in [2.24, 2.45) is 0 Å². The molecule has 6 heteroatoms. The maximum Gasteiger partial charge on any atom is 0.258 e. The molecule has 1 aromatic carbocycles. The zero-order valence-corrected chi connectivity index (χ0v) is 13.2. The summed E-state index contributed by atoms with van der Waals surface area (Å²) in [5.74, 6) is -0.181. The lowest BCUT2D eigenvalue weighted by atomic mass is 10.1. The monoisotopic (exact) mass is 309 g/mol. The Morgan fingerprint density at radius 3 is 2.74 bits per heavy atom. The fourth-order valence-electron chi connectivity index (χ4n) is 2.37. The summed E-state index contributed by atoms with van der Waals surface area (Å²) in [7, 11) is 0. The Bertz CT molecular complexity index is 818. The SMILES string of the molecule is CCn1cc(C(=O)Nc2cnn(Cc3cccc(C)c3)c2)cn1. The van der Waals surface area contributed by atoms with Crippen molar-refractivity contribution >= 4 is 11.6 Å². The van der Waals surface area contributed by atoms with E-state index in [1.807, 2.05) is 19.2 Å². The number of aromatic nitrogens is 4. The maximum absolute atomic E-state index is 12.2. The second-order valence-corrected chi connectivity index (χ2v) is 5.45. The minimum Gasteiger partial charge on any atom is -0.319 e. The standard InChI is InChI=1S/C17H19N5O/c1-3-21-11-15(8-18-21)17(23)20-16-9-19-22(12-16)10-14-6-4-5-13(2)7-14/h4-9,11-12H,3,10H2,1-2H3,(H,20,23). The molecule has 0 bridgehead atoms. The number of rotatable bonds is 5. The van der Waals surface area contributed by atoms with Gasteiger partial charge in [0, 0.05) is 18.9 Å². The number of benzene rings is 1. The number of hydrogen-bond donors (Lipinski definition) is 1. The van der Waals surface area contributed by atoms with Gasteiger partial charge in [-0.05, 0) is 19.4 Å². The van der Waals surface area contributed by atoms with Crippen LogP contribution in [-0.4, -0.2) is 25.5 Å². The minimum absolute atomic E-state index is 0.181. The van der Waals surface area contributed by atoms with Gasteiger partial charge >= 0.3 is 0 Å². The summed E-state index contributed by atoms with van der Waals surface area (Å²) in [4.78, 5) is 12.2. The summed E-state index contributed by atoms with van der Waals surface area (Å²) < 4.78 is 3.52. The molecule has 23 heavy (non-hydrogen) atoms. The first-order valence-corrected chi connectivity index (χ1v) is 7.56. The van der Waals surface area contributed by atoms with Crippen LogP contribution in [0, 0.1) is 6.92 Å². The molecule has 1 amide bonds. The van der Waals surface area contributed by atoms with Gasteiger partial charge in [-0.15, -0.1) is 0 Å². The van der Waals surface area contributed by atoms with Gasteiger partial charge in [0.25, 0.3) is 5.91 Å². The molecular weight excluding hydrogens is 290 g/mol. The van der Waals surface area contributed by atoms with E-state index in [0.29, 0.717) is 17.8 Å². The van der Waals surface area contributed by atoms with Gasteiger partial charge in [-0.3, -0.25) is 14.2 Å². The summed E-state index contributed by atoms with van der Waals surface area (Å²) >= 11 is 0. The molecule has 6 nitrogen and oxygen atoms in total. The van der Waals surface area contributed by atoms with Crippen molar-refractivity contribution in [3.05, 3.63) is 65.7 Å². The highest BCUT2D eigenvalue weighted by molar-refractivity contribution is 6.03. The first-order chi connectivity index (χ1) is 11.1. The van der Waals surface area contributed by atoms with Crippen molar-refractivity contribution in [1.82, 2.24) is 19.6 Å². The highest BCUT2D eigenvalue weighted by Crippen LogP contribution is 2.11. The Kier molecular flexibility index (Phi) is 4.23. The fraction of sp³-hybridized carbons (Fsp3) is 0.235. The topological polar surface area (TPSA) is 64.7 Å². The lowest BCUT2D eigenvalue weighted by Crippen LogP contribution is -2.10. The molecule has 0 saturated carbocycles. The Hall–Kier alpha value is -2.89. The largest absolute Gasteiger partial charge is 0.319 e. The molecule has 118 valence electrons. The Labute approximate surface area is 134 Å². The van der Waals surface area contributed by atoms with Gasteiger partial charge in [-0.25, -0.2) is 0 Å².